The van der Waals surface area contributed by atoms with Gasteiger partial charge in [0.1, 0.15) is 0 Å². The second-order valence-electron chi connectivity index (χ2n) is 5.35. The van der Waals surface area contributed by atoms with Gasteiger partial charge in [-0.05, 0) is 37.1 Å². The Morgan fingerprint density at radius 1 is 1.33 bits per heavy atom. The average Bonchev–Trinajstić information content (AvgIpc) is 2.93. The van der Waals surface area contributed by atoms with Crippen molar-refractivity contribution in [1.29, 1.82) is 0 Å². The summed E-state index contributed by atoms with van der Waals surface area (Å²) in [6.07, 6.45) is 7.95. The predicted octanol–water partition coefficient (Wildman–Crippen LogP) is 3.51. The van der Waals surface area contributed by atoms with Gasteiger partial charge >= 0.3 is 0 Å². The van der Waals surface area contributed by atoms with Gasteiger partial charge in [0.2, 0.25) is 12.7 Å². The molecule has 4 heteroatoms. The number of fused-ring (bicyclic) bond motifs is 1. The summed E-state index contributed by atoms with van der Waals surface area (Å²) in [5.41, 5.74) is 0.924. The minimum absolute atomic E-state index is 0.0586. The molecule has 1 aromatic carbocycles. The van der Waals surface area contributed by atoms with E-state index >= 15 is 0 Å². The van der Waals surface area contributed by atoms with Gasteiger partial charge in [0, 0.05) is 12.1 Å². The van der Waals surface area contributed by atoms with Gasteiger partial charge in [0.15, 0.2) is 11.5 Å². The van der Waals surface area contributed by atoms with Gasteiger partial charge < -0.3 is 14.8 Å². The van der Waals surface area contributed by atoms with Crippen LogP contribution in [0.3, 0.4) is 0 Å². The molecule has 1 unspecified atom stereocenters. The molecule has 1 heterocycles. The molecule has 1 aliphatic rings. The van der Waals surface area contributed by atoms with Gasteiger partial charge in [-0.1, -0.05) is 32.3 Å². The lowest BCUT2D eigenvalue weighted by Gasteiger charge is -2.11. The molecule has 0 bridgehead atoms. The first-order valence-corrected chi connectivity index (χ1v) is 7.57. The Labute approximate surface area is 126 Å². The zero-order chi connectivity index (χ0) is 15.1. The van der Waals surface area contributed by atoms with E-state index in [1.807, 2.05) is 25.1 Å². The van der Waals surface area contributed by atoms with Crippen LogP contribution in [-0.2, 0) is 4.79 Å². The van der Waals surface area contributed by atoms with Gasteiger partial charge in [-0.2, -0.15) is 0 Å². The molecule has 1 N–H and O–H groups in total. The fraction of sp³-hybridized carbons (Fsp3) is 0.471. The van der Waals surface area contributed by atoms with Crippen LogP contribution in [0.2, 0.25) is 0 Å². The second-order valence-corrected chi connectivity index (χ2v) is 5.35. The highest BCUT2D eigenvalue weighted by Crippen LogP contribution is 2.32. The largest absolute Gasteiger partial charge is 0.454 e. The van der Waals surface area contributed by atoms with Crippen molar-refractivity contribution >= 4 is 12.0 Å². The maximum Gasteiger partial charge on any atom is 0.244 e. The van der Waals surface area contributed by atoms with Crippen LogP contribution < -0.4 is 14.8 Å². The van der Waals surface area contributed by atoms with Crippen LogP contribution in [0.1, 0.15) is 45.1 Å². The maximum absolute atomic E-state index is 11.8. The van der Waals surface area contributed by atoms with Crippen molar-refractivity contribution < 1.29 is 14.3 Å². The second kappa shape index (κ2) is 7.72. The third kappa shape index (κ3) is 4.81. The first-order valence-electron chi connectivity index (χ1n) is 7.57. The van der Waals surface area contributed by atoms with Crippen LogP contribution in [0, 0.1) is 0 Å². The number of ether oxygens (including phenoxy) is 2. The first-order chi connectivity index (χ1) is 10.2. The van der Waals surface area contributed by atoms with Crippen molar-refractivity contribution in [3.8, 4) is 11.5 Å². The van der Waals surface area contributed by atoms with E-state index in [0.717, 1.165) is 29.9 Å². The van der Waals surface area contributed by atoms with Crippen molar-refractivity contribution in [2.24, 2.45) is 0 Å². The van der Waals surface area contributed by atoms with E-state index in [9.17, 15) is 4.79 Å². The molecule has 0 saturated carbocycles. The molecule has 114 valence electrons. The van der Waals surface area contributed by atoms with Gasteiger partial charge in [-0.3, -0.25) is 4.79 Å². The summed E-state index contributed by atoms with van der Waals surface area (Å²) in [7, 11) is 0. The number of nitrogens with one attached hydrogen (secondary N) is 1. The molecule has 0 aromatic heterocycles. The van der Waals surface area contributed by atoms with Gasteiger partial charge in [-0.15, -0.1) is 0 Å². The van der Waals surface area contributed by atoms with Crippen molar-refractivity contribution in [1.82, 2.24) is 5.32 Å². The highest BCUT2D eigenvalue weighted by atomic mass is 16.7. The number of benzene rings is 1. The lowest BCUT2D eigenvalue weighted by atomic mass is 10.1. The molecule has 0 fully saturated rings. The average molecular weight is 289 g/mol. The van der Waals surface area contributed by atoms with Crippen molar-refractivity contribution in [2.45, 2.75) is 45.6 Å². The summed E-state index contributed by atoms with van der Waals surface area (Å²) in [5.74, 6) is 1.42. The third-order valence-corrected chi connectivity index (χ3v) is 3.45. The Morgan fingerprint density at radius 3 is 2.95 bits per heavy atom. The Balaban J connectivity index is 1.81. The quantitative estimate of drug-likeness (QED) is 0.617. The number of amides is 1. The molecular weight excluding hydrogens is 266 g/mol. The third-order valence-electron chi connectivity index (χ3n) is 3.45. The highest BCUT2D eigenvalue weighted by Gasteiger charge is 2.12. The van der Waals surface area contributed by atoms with E-state index in [2.05, 4.69) is 12.2 Å². The van der Waals surface area contributed by atoms with E-state index in [-0.39, 0.29) is 18.7 Å². The lowest BCUT2D eigenvalue weighted by Crippen LogP contribution is -2.30. The summed E-state index contributed by atoms with van der Waals surface area (Å²) >= 11 is 0. The zero-order valence-electron chi connectivity index (χ0n) is 12.7. The van der Waals surface area contributed by atoms with Gasteiger partial charge in [0.25, 0.3) is 0 Å². The number of carbonyl (C=O) groups is 1. The predicted molar refractivity (Wildman–Crippen MR) is 83.3 cm³/mol. The Bertz CT molecular complexity index is 511. The van der Waals surface area contributed by atoms with Crippen LogP contribution in [0.5, 0.6) is 11.5 Å². The van der Waals surface area contributed by atoms with Crippen LogP contribution in [-0.4, -0.2) is 18.7 Å². The molecule has 0 saturated heterocycles. The molecule has 0 aliphatic carbocycles. The number of unbranched alkanes of at least 4 members (excludes halogenated alkanes) is 2. The molecule has 1 atom stereocenters. The molecular formula is C17H23NO3. The molecule has 2 rings (SSSR count). The van der Waals surface area contributed by atoms with Crippen LogP contribution in [0.15, 0.2) is 24.3 Å². The number of hydrogen-bond acceptors (Lipinski definition) is 3. The Morgan fingerprint density at radius 2 is 2.14 bits per heavy atom. The fourth-order valence-electron chi connectivity index (χ4n) is 2.25. The molecule has 0 radical (unpaired) electrons. The van der Waals surface area contributed by atoms with E-state index in [0.29, 0.717) is 0 Å². The van der Waals surface area contributed by atoms with Gasteiger partial charge in [-0.25, -0.2) is 0 Å². The molecule has 1 amide bonds. The van der Waals surface area contributed by atoms with Crippen LogP contribution in [0.4, 0.5) is 0 Å². The summed E-state index contributed by atoms with van der Waals surface area (Å²) in [5, 5.41) is 2.98. The zero-order valence-corrected chi connectivity index (χ0v) is 12.7. The molecule has 4 nitrogen and oxygen atoms in total. The Kier molecular flexibility index (Phi) is 5.67. The first kappa shape index (κ1) is 15.4. The standard InChI is InChI=1S/C17H23NO3/c1-3-4-5-6-13(2)18-17(19)10-8-14-7-9-15-16(11-14)21-12-20-15/h7-11,13H,3-6,12H2,1-2H3,(H,18,19). The Hall–Kier alpha value is -1.97. The maximum atomic E-state index is 11.8. The molecule has 0 spiro atoms. The molecule has 1 aliphatic heterocycles. The SMILES string of the molecule is CCCCCC(C)NC(=O)C=Cc1ccc2c(c1)OCO2. The van der Waals surface area contributed by atoms with Crippen molar-refractivity contribution in [3.63, 3.8) is 0 Å². The smallest absolute Gasteiger partial charge is 0.244 e. The monoisotopic (exact) mass is 289 g/mol. The van der Waals surface area contributed by atoms with Gasteiger partial charge in [0.05, 0.1) is 0 Å². The van der Waals surface area contributed by atoms with E-state index in [1.165, 1.54) is 12.8 Å². The van der Waals surface area contributed by atoms with E-state index < -0.39 is 0 Å². The van der Waals surface area contributed by atoms with Crippen molar-refractivity contribution in [2.75, 3.05) is 6.79 Å². The summed E-state index contributed by atoms with van der Waals surface area (Å²) in [6.45, 7) is 4.48. The van der Waals surface area contributed by atoms with Crippen LogP contribution >= 0.6 is 0 Å². The normalized spacial score (nSPS) is 14.4. The topological polar surface area (TPSA) is 47.6 Å². The minimum Gasteiger partial charge on any atom is -0.454 e. The van der Waals surface area contributed by atoms with Crippen molar-refractivity contribution in [3.05, 3.63) is 29.8 Å². The lowest BCUT2D eigenvalue weighted by molar-refractivity contribution is -0.117. The summed E-state index contributed by atoms with van der Waals surface area (Å²) < 4.78 is 10.6. The van der Waals surface area contributed by atoms with E-state index in [1.54, 1.807) is 12.2 Å². The minimum atomic E-state index is -0.0586. The highest BCUT2D eigenvalue weighted by molar-refractivity contribution is 5.92. The number of rotatable bonds is 7. The van der Waals surface area contributed by atoms with E-state index in [4.69, 9.17) is 9.47 Å². The molecule has 1 aromatic rings. The molecule has 21 heavy (non-hydrogen) atoms. The van der Waals surface area contributed by atoms with Crippen LogP contribution in [0.25, 0.3) is 6.08 Å². The number of carbonyl (C=O) groups excluding carboxylic acids is 1. The summed E-state index contributed by atoms with van der Waals surface area (Å²) in [4.78, 5) is 11.8. The summed E-state index contributed by atoms with van der Waals surface area (Å²) in [6, 6.07) is 5.84. The number of hydrogen-bond donors (Lipinski definition) is 1. The fourth-order valence-corrected chi connectivity index (χ4v) is 2.25.